The Labute approximate surface area is 152 Å². The molecule has 2 aliphatic rings. The van der Waals surface area contributed by atoms with E-state index in [0.29, 0.717) is 24.2 Å². The van der Waals surface area contributed by atoms with Gasteiger partial charge in [0.2, 0.25) is 5.91 Å². The van der Waals surface area contributed by atoms with Crippen LogP contribution in [0.3, 0.4) is 0 Å². The number of nitrogens with one attached hydrogen (secondary N) is 1. The minimum absolute atomic E-state index is 0.353. The number of piperazine rings is 1. The van der Waals surface area contributed by atoms with Gasteiger partial charge < -0.3 is 15.1 Å². The van der Waals surface area contributed by atoms with Crippen molar-refractivity contribution in [2.45, 2.75) is 40.0 Å². The van der Waals surface area contributed by atoms with Gasteiger partial charge in [-0.1, -0.05) is 19.1 Å². The summed E-state index contributed by atoms with van der Waals surface area (Å²) < 4.78 is 0. The molecule has 1 unspecified atom stereocenters. The predicted octanol–water partition coefficient (Wildman–Crippen LogP) is 2.98. The molecule has 0 saturated carbocycles. The normalized spacial score (nSPS) is 20.6. The highest BCUT2D eigenvalue weighted by Crippen LogP contribution is 2.26. The zero-order valence-corrected chi connectivity index (χ0v) is 16.1. The van der Waals surface area contributed by atoms with Gasteiger partial charge in [-0.15, -0.1) is 0 Å². The summed E-state index contributed by atoms with van der Waals surface area (Å²) in [6.07, 6.45) is 3.15. The van der Waals surface area contributed by atoms with E-state index in [0.717, 1.165) is 39.3 Å². The zero-order valence-electron chi connectivity index (χ0n) is 16.1. The van der Waals surface area contributed by atoms with E-state index in [1.165, 1.54) is 29.7 Å². The molecule has 2 aliphatic heterocycles. The Balaban J connectivity index is 1.51. The molecule has 25 heavy (non-hydrogen) atoms. The van der Waals surface area contributed by atoms with Crippen molar-refractivity contribution in [3.05, 3.63) is 29.3 Å². The standard InChI is InChI=1S/C21H33N3O/c1-16-5-4-6-20(18(16)3)23-11-13-24(14-12-23)21(25)15-17(2)19-7-9-22-10-8-19/h4-6,17,19,22H,7-15H2,1-3H3. The van der Waals surface area contributed by atoms with Crippen molar-refractivity contribution in [2.24, 2.45) is 11.8 Å². The quantitative estimate of drug-likeness (QED) is 0.913. The lowest BCUT2D eigenvalue weighted by molar-refractivity contribution is -0.132. The number of hydrogen-bond acceptors (Lipinski definition) is 3. The second-order valence-electron chi connectivity index (χ2n) is 7.86. The first-order valence-electron chi connectivity index (χ1n) is 9.86. The minimum atomic E-state index is 0.353. The van der Waals surface area contributed by atoms with Gasteiger partial charge >= 0.3 is 0 Å². The third kappa shape index (κ3) is 4.35. The van der Waals surface area contributed by atoms with Crippen LogP contribution in [0.2, 0.25) is 0 Å². The molecule has 0 radical (unpaired) electrons. The highest BCUT2D eigenvalue weighted by Gasteiger charge is 2.26. The molecule has 0 aliphatic carbocycles. The van der Waals surface area contributed by atoms with E-state index in [1.54, 1.807) is 0 Å². The van der Waals surface area contributed by atoms with Crippen LogP contribution in [-0.2, 0) is 4.79 Å². The molecule has 4 heteroatoms. The summed E-state index contributed by atoms with van der Waals surface area (Å²) in [5.41, 5.74) is 4.03. The van der Waals surface area contributed by atoms with Crippen molar-refractivity contribution in [1.82, 2.24) is 10.2 Å². The van der Waals surface area contributed by atoms with Crippen LogP contribution >= 0.6 is 0 Å². The van der Waals surface area contributed by atoms with Gasteiger partial charge in [0.25, 0.3) is 0 Å². The Kier molecular flexibility index (Phi) is 6.00. The van der Waals surface area contributed by atoms with Crippen LogP contribution in [0.5, 0.6) is 0 Å². The molecular weight excluding hydrogens is 310 g/mol. The molecule has 0 spiro atoms. The first-order chi connectivity index (χ1) is 12.1. The van der Waals surface area contributed by atoms with E-state index in [1.807, 2.05) is 0 Å². The van der Waals surface area contributed by atoms with E-state index < -0.39 is 0 Å². The number of piperidine rings is 1. The number of hydrogen-bond donors (Lipinski definition) is 1. The van der Waals surface area contributed by atoms with Gasteiger partial charge in [0.05, 0.1) is 0 Å². The topological polar surface area (TPSA) is 35.6 Å². The van der Waals surface area contributed by atoms with Crippen molar-refractivity contribution >= 4 is 11.6 Å². The van der Waals surface area contributed by atoms with Crippen molar-refractivity contribution in [1.29, 1.82) is 0 Å². The molecule has 138 valence electrons. The molecule has 1 N–H and O–H groups in total. The lowest BCUT2D eigenvalue weighted by atomic mass is 9.84. The number of carbonyl (C=O) groups is 1. The number of nitrogens with zero attached hydrogens (tertiary/aromatic N) is 2. The van der Waals surface area contributed by atoms with E-state index >= 15 is 0 Å². The summed E-state index contributed by atoms with van der Waals surface area (Å²) in [6, 6.07) is 6.51. The highest BCUT2D eigenvalue weighted by molar-refractivity contribution is 5.77. The summed E-state index contributed by atoms with van der Waals surface area (Å²) in [5.74, 6) is 1.57. The molecule has 3 rings (SSSR count). The van der Waals surface area contributed by atoms with Crippen LogP contribution in [-0.4, -0.2) is 50.1 Å². The van der Waals surface area contributed by atoms with Gasteiger partial charge in [-0.2, -0.15) is 0 Å². The first-order valence-corrected chi connectivity index (χ1v) is 9.86. The summed E-state index contributed by atoms with van der Waals surface area (Å²) in [7, 11) is 0. The fourth-order valence-corrected chi connectivity index (χ4v) is 4.26. The number of amides is 1. The van der Waals surface area contributed by atoms with Crippen LogP contribution in [0.1, 0.15) is 37.3 Å². The van der Waals surface area contributed by atoms with Crippen LogP contribution in [0.4, 0.5) is 5.69 Å². The van der Waals surface area contributed by atoms with Crippen LogP contribution in [0.15, 0.2) is 18.2 Å². The Morgan fingerprint density at radius 3 is 2.52 bits per heavy atom. The largest absolute Gasteiger partial charge is 0.368 e. The maximum absolute atomic E-state index is 12.7. The smallest absolute Gasteiger partial charge is 0.222 e. The number of aryl methyl sites for hydroxylation is 1. The number of carbonyl (C=O) groups excluding carboxylic acids is 1. The number of rotatable bonds is 4. The summed E-state index contributed by atoms with van der Waals surface area (Å²) >= 11 is 0. The molecular formula is C21H33N3O. The molecule has 2 heterocycles. The Morgan fingerprint density at radius 2 is 1.84 bits per heavy atom. The molecule has 0 aromatic heterocycles. The van der Waals surface area contributed by atoms with Crippen molar-refractivity contribution in [2.75, 3.05) is 44.2 Å². The van der Waals surface area contributed by atoms with Crippen molar-refractivity contribution in [3.63, 3.8) is 0 Å². The Hall–Kier alpha value is -1.55. The Bertz CT molecular complexity index is 587. The maximum atomic E-state index is 12.7. The molecule has 1 amide bonds. The lowest BCUT2D eigenvalue weighted by Crippen LogP contribution is -2.49. The monoisotopic (exact) mass is 343 g/mol. The molecule has 0 bridgehead atoms. The third-order valence-corrected chi connectivity index (χ3v) is 6.23. The third-order valence-electron chi connectivity index (χ3n) is 6.23. The molecule has 4 nitrogen and oxygen atoms in total. The summed E-state index contributed by atoms with van der Waals surface area (Å²) in [5, 5.41) is 3.41. The first kappa shape index (κ1) is 18.2. The maximum Gasteiger partial charge on any atom is 0.222 e. The average molecular weight is 344 g/mol. The van der Waals surface area contributed by atoms with Crippen LogP contribution in [0, 0.1) is 25.7 Å². The zero-order chi connectivity index (χ0) is 17.8. The predicted molar refractivity (Wildman–Crippen MR) is 104 cm³/mol. The van der Waals surface area contributed by atoms with Gasteiger partial charge in [-0.05, 0) is 68.8 Å². The second-order valence-corrected chi connectivity index (χ2v) is 7.86. The second kappa shape index (κ2) is 8.22. The van der Waals surface area contributed by atoms with Crippen molar-refractivity contribution < 1.29 is 4.79 Å². The molecule has 1 aromatic carbocycles. The summed E-state index contributed by atoms with van der Waals surface area (Å²) in [4.78, 5) is 17.2. The fourth-order valence-electron chi connectivity index (χ4n) is 4.26. The SMILES string of the molecule is Cc1cccc(N2CCN(C(=O)CC(C)C3CCNCC3)CC2)c1C. The lowest BCUT2D eigenvalue weighted by Gasteiger charge is -2.38. The minimum Gasteiger partial charge on any atom is -0.368 e. The van der Waals surface area contributed by atoms with E-state index in [9.17, 15) is 4.79 Å². The molecule has 1 aromatic rings. The van der Waals surface area contributed by atoms with Gasteiger partial charge in [0.15, 0.2) is 0 Å². The van der Waals surface area contributed by atoms with E-state index in [-0.39, 0.29) is 0 Å². The van der Waals surface area contributed by atoms with Gasteiger partial charge in [0.1, 0.15) is 0 Å². The van der Waals surface area contributed by atoms with Crippen LogP contribution < -0.4 is 10.2 Å². The number of anilines is 1. The molecule has 2 fully saturated rings. The molecule has 1 atom stereocenters. The highest BCUT2D eigenvalue weighted by atomic mass is 16.2. The van der Waals surface area contributed by atoms with E-state index in [2.05, 4.69) is 54.1 Å². The summed E-state index contributed by atoms with van der Waals surface area (Å²) in [6.45, 7) is 12.4. The molecule has 2 saturated heterocycles. The average Bonchev–Trinajstić information content (AvgIpc) is 2.65. The van der Waals surface area contributed by atoms with Crippen molar-refractivity contribution in [3.8, 4) is 0 Å². The van der Waals surface area contributed by atoms with Gasteiger partial charge in [-0.3, -0.25) is 4.79 Å². The van der Waals surface area contributed by atoms with E-state index in [4.69, 9.17) is 0 Å². The van der Waals surface area contributed by atoms with Crippen LogP contribution in [0.25, 0.3) is 0 Å². The van der Waals surface area contributed by atoms with Gasteiger partial charge in [0, 0.05) is 38.3 Å². The fraction of sp³-hybridized carbons (Fsp3) is 0.667. The Morgan fingerprint density at radius 1 is 1.16 bits per heavy atom. The number of benzene rings is 1. The van der Waals surface area contributed by atoms with Gasteiger partial charge in [-0.25, -0.2) is 0 Å².